The van der Waals surface area contributed by atoms with Crippen molar-refractivity contribution >= 4 is 46.8 Å². The van der Waals surface area contributed by atoms with Crippen molar-refractivity contribution in [2.75, 3.05) is 11.9 Å². The fourth-order valence-electron chi connectivity index (χ4n) is 3.12. The van der Waals surface area contributed by atoms with Crippen molar-refractivity contribution in [3.8, 4) is 5.75 Å². The zero-order valence-corrected chi connectivity index (χ0v) is 16.8. The van der Waals surface area contributed by atoms with Gasteiger partial charge in [-0.15, -0.1) is 0 Å². The first-order chi connectivity index (χ1) is 14.3. The highest BCUT2D eigenvalue weighted by atomic mass is 32.1. The fourth-order valence-corrected chi connectivity index (χ4v) is 3.45. The molecule has 0 saturated carbocycles. The van der Waals surface area contributed by atoms with Gasteiger partial charge in [0.1, 0.15) is 11.3 Å². The van der Waals surface area contributed by atoms with Crippen molar-refractivity contribution in [3.63, 3.8) is 0 Å². The summed E-state index contributed by atoms with van der Waals surface area (Å²) in [6.45, 7) is 0.334. The van der Waals surface area contributed by atoms with Crippen molar-refractivity contribution in [1.29, 1.82) is 0 Å². The number of carboxylic acids is 1. The lowest BCUT2D eigenvalue weighted by molar-refractivity contribution is -0.123. The molecule has 0 spiro atoms. The molecule has 3 N–H and O–H groups in total. The molecule has 154 valence electrons. The van der Waals surface area contributed by atoms with Gasteiger partial charge in [0.25, 0.3) is 5.91 Å². The van der Waals surface area contributed by atoms with E-state index in [1.165, 1.54) is 23.1 Å². The number of hydrogen-bond donors (Lipinski definition) is 3. The van der Waals surface area contributed by atoms with Crippen LogP contribution in [-0.4, -0.2) is 44.4 Å². The number of nitrogens with zero attached hydrogens (tertiary/aromatic N) is 1. The zero-order valence-electron chi connectivity index (χ0n) is 16.0. The van der Waals surface area contributed by atoms with Crippen molar-refractivity contribution in [3.05, 3.63) is 65.2 Å². The number of aromatic hydroxyl groups is 1. The summed E-state index contributed by atoms with van der Waals surface area (Å²) in [6.07, 6.45) is 2.79. The van der Waals surface area contributed by atoms with E-state index in [0.29, 0.717) is 35.6 Å². The molecule has 0 aliphatic carbocycles. The zero-order chi connectivity index (χ0) is 21.7. The number of carbonyl (C=O) groups is 3. The maximum atomic E-state index is 12.6. The molecule has 0 radical (unpaired) electrons. The third-order valence-corrected chi connectivity index (χ3v) is 4.97. The molecule has 8 heteroatoms. The Morgan fingerprint density at radius 2 is 1.90 bits per heavy atom. The molecule has 30 heavy (non-hydrogen) atoms. The second-order valence-corrected chi connectivity index (χ2v) is 7.27. The number of aromatic carboxylic acids is 1. The lowest BCUT2D eigenvalue weighted by atomic mass is 10.1. The number of amides is 2. The van der Waals surface area contributed by atoms with E-state index in [4.69, 9.17) is 17.3 Å². The molecule has 1 aliphatic heterocycles. The quantitative estimate of drug-likeness (QED) is 0.464. The number of likely N-dealkylation sites (tertiary alicyclic amines) is 1. The molecule has 1 aliphatic rings. The lowest BCUT2D eigenvalue weighted by Gasteiger charge is -2.15. The minimum absolute atomic E-state index is 0.140. The number of phenols is 1. The summed E-state index contributed by atoms with van der Waals surface area (Å²) in [5.41, 5.74) is 1.61. The monoisotopic (exact) mass is 424 g/mol. The lowest BCUT2D eigenvalue weighted by Crippen LogP contribution is -2.30. The molecule has 1 saturated heterocycles. The Balaban J connectivity index is 1.52. The largest absolute Gasteiger partial charge is 0.507 e. The van der Waals surface area contributed by atoms with Gasteiger partial charge in [0, 0.05) is 36.7 Å². The van der Waals surface area contributed by atoms with E-state index in [-0.39, 0.29) is 23.8 Å². The molecular formula is C22H20N2O5S. The van der Waals surface area contributed by atoms with Crippen molar-refractivity contribution < 1.29 is 24.6 Å². The second kappa shape index (κ2) is 9.32. The standard InChI is InChI=1S/C22H20N2O5S/c25-18-13-16(8-9-17(18)22(28)29)23-19(26)7-4-10-24-20(30)12-15(21(24)27)11-14-5-2-1-3-6-14/h1-3,5-6,8-9,11,13,25H,4,7,10,12H2,(H,23,26)(H,28,29). The number of anilines is 1. The normalized spacial score (nSPS) is 14.9. The van der Waals surface area contributed by atoms with E-state index >= 15 is 0 Å². The third kappa shape index (κ3) is 5.09. The van der Waals surface area contributed by atoms with E-state index in [1.54, 1.807) is 0 Å². The van der Waals surface area contributed by atoms with E-state index in [2.05, 4.69) is 5.32 Å². The van der Waals surface area contributed by atoms with Gasteiger partial charge >= 0.3 is 5.97 Å². The first kappa shape index (κ1) is 21.2. The maximum Gasteiger partial charge on any atom is 0.339 e. The molecule has 2 aromatic rings. The molecule has 7 nitrogen and oxygen atoms in total. The molecule has 0 bridgehead atoms. The summed E-state index contributed by atoms with van der Waals surface area (Å²) in [4.78, 5) is 37.7. The number of carbonyl (C=O) groups excluding carboxylic acids is 2. The molecule has 1 heterocycles. The van der Waals surface area contributed by atoms with Gasteiger partial charge in [-0.2, -0.15) is 0 Å². The van der Waals surface area contributed by atoms with Crippen LogP contribution in [0.15, 0.2) is 54.1 Å². The molecule has 0 aromatic heterocycles. The summed E-state index contributed by atoms with van der Waals surface area (Å²) in [7, 11) is 0. The third-order valence-electron chi connectivity index (χ3n) is 4.60. The van der Waals surface area contributed by atoms with Crippen LogP contribution in [0.1, 0.15) is 35.2 Å². The molecular weight excluding hydrogens is 404 g/mol. The average Bonchev–Trinajstić information content (AvgIpc) is 2.96. The number of nitrogens with one attached hydrogen (secondary N) is 1. The molecule has 2 aromatic carbocycles. The first-order valence-corrected chi connectivity index (χ1v) is 9.72. The van der Waals surface area contributed by atoms with Crippen molar-refractivity contribution in [2.24, 2.45) is 0 Å². The Kier molecular flexibility index (Phi) is 6.58. The van der Waals surface area contributed by atoms with E-state index in [1.807, 2.05) is 36.4 Å². The maximum absolute atomic E-state index is 12.6. The second-order valence-electron chi connectivity index (χ2n) is 6.80. The molecule has 1 fully saturated rings. The Morgan fingerprint density at radius 3 is 2.57 bits per heavy atom. The highest BCUT2D eigenvalue weighted by Crippen LogP contribution is 2.24. The Labute approximate surface area is 178 Å². The number of hydrogen-bond acceptors (Lipinski definition) is 5. The molecule has 2 amide bonds. The number of carboxylic acid groups (broad SMARTS) is 1. The van der Waals surface area contributed by atoms with Crippen LogP contribution >= 0.6 is 12.2 Å². The highest BCUT2D eigenvalue weighted by molar-refractivity contribution is 7.80. The molecule has 0 unspecified atom stereocenters. The van der Waals surface area contributed by atoms with E-state index < -0.39 is 11.7 Å². The molecule has 0 atom stereocenters. The van der Waals surface area contributed by atoms with E-state index in [0.717, 1.165) is 5.56 Å². The number of benzene rings is 2. The Hall–Kier alpha value is -3.52. The topological polar surface area (TPSA) is 107 Å². The molecule has 3 rings (SSSR count). The van der Waals surface area contributed by atoms with Crippen LogP contribution < -0.4 is 5.32 Å². The summed E-state index contributed by atoms with van der Waals surface area (Å²) in [5, 5.41) is 21.2. The van der Waals surface area contributed by atoms with Crippen LogP contribution in [0.25, 0.3) is 6.08 Å². The summed E-state index contributed by atoms with van der Waals surface area (Å²) in [6, 6.07) is 13.3. The van der Waals surface area contributed by atoms with Gasteiger partial charge in [0.2, 0.25) is 5.91 Å². The SMILES string of the molecule is O=C(CCCN1C(=O)C(=Cc2ccccc2)CC1=S)Nc1ccc(C(=O)O)c(O)c1. The number of thiocarbonyl (C=S) groups is 1. The van der Waals surface area contributed by atoms with Gasteiger partial charge < -0.3 is 20.4 Å². The van der Waals surface area contributed by atoms with Gasteiger partial charge in [0.05, 0.1) is 4.99 Å². The van der Waals surface area contributed by atoms with Crippen LogP contribution in [0.5, 0.6) is 5.75 Å². The van der Waals surface area contributed by atoms with Crippen LogP contribution in [0.4, 0.5) is 5.69 Å². The predicted octanol–water partition coefficient (Wildman–Crippen LogP) is 3.45. The Bertz CT molecular complexity index is 1030. The summed E-state index contributed by atoms with van der Waals surface area (Å²) in [5.74, 6) is -2.13. The smallest absolute Gasteiger partial charge is 0.339 e. The van der Waals surface area contributed by atoms with Gasteiger partial charge in [-0.3, -0.25) is 9.59 Å². The minimum Gasteiger partial charge on any atom is -0.507 e. The van der Waals surface area contributed by atoms with Crippen LogP contribution in [0.2, 0.25) is 0 Å². The first-order valence-electron chi connectivity index (χ1n) is 9.31. The van der Waals surface area contributed by atoms with Gasteiger partial charge in [-0.25, -0.2) is 4.79 Å². The Morgan fingerprint density at radius 1 is 1.17 bits per heavy atom. The van der Waals surface area contributed by atoms with Crippen LogP contribution in [-0.2, 0) is 9.59 Å². The van der Waals surface area contributed by atoms with Crippen molar-refractivity contribution in [1.82, 2.24) is 4.90 Å². The minimum atomic E-state index is -1.25. The summed E-state index contributed by atoms with van der Waals surface area (Å²) >= 11 is 5.33. The van der Waals surface area contributed by atoms with Crippen LogP contribution in [0, 0.1) is 0 Å². The average molecular weight is 424 g/mol. The van der Waals surface area contributed by atoms with Crippen LogP contribution in [0.3, 0.4) is 0 Å². The van der Waals surface area contributed by atoms with Gasteiger partial charge in [-0.1, -0.05) is 42.5 Å². The van der Waals surface area contributed by atoms with Gasteiger partial charge in [-0.05, 0) is 30.2 Å². The number of rotatable bonds is 7. The van der Waals surface area contributed by atoms with Gasteiger partial charge in [0.15, 0.2) is 0 Å². The fraction of sp³-hybridized carbons (Fsp3) is 0.182. The van der Waals surface area contributed by atoms with E-state index in [9.17, 15) is 19.5 Å². The summed E-state index contributed by atoms with van der Waals surface area (Å²) < 4.78 is 0. The highest BCUT2D eigenvalue weighted by Gasteiger charge is 2.30. The van der Waals surface area contributed by atoms with Crippen molar-refractivity contribution in [2.45, 2.75) is 19.3 Å². The predicted molar refractivity (Wildman–Crippen MR) is 116 cm³/mol.